The largest absolute Gasteiger partial charge is 0.462 e. The third-order valence-electron chi connectivity index (χ3n) is 7.86. The van der Waals surface area contributed by atoms with E-state index in [0.717, 1.165) is 0 Å². The van der Waals surface area contributed by atoms with Gasteiger partial charge >= 0.3 is 5.97 Å². The van der Waals surface area contributed by atoms with Crippen molar-refractivity contribution in [3.05, 3.63) is 48.0 Å². The average molecular weight is 308 g/mol. The molecule has 3 aliphatic carbocycles. The van der Waals surface area contributed by atoms with Crippen LogP contribution in [0, 0.1) is 22.7 Å². The van der Waals surface area contributed by atoms with Crippen LogP contribution in [0.25, 0.3) is 0 Å². The lowest BCUT2D eigenvalue weighted by Gasteiger charge is -2.51. The van der Waals surface area contributed by atoms with E-state index in [2.05, 4.69) is 56.3 Å². The van der Waals surface area contributed by atoms with Gasteiger partial charge in [-0.15, -0.1) is 0 Å². The summed E-state index contributed by atoms with van der Waals surface area (Å²) < 4.78 is 5.77. The van der Waals surface area contributed by atoms with E-state index in [4.69, 9.17) is 4.74 Å². The van der Waals surface area contributed by atoms with Crippen LogP contribution in [0.2, 0.25) is 0 Å². The van der Waals surface area contributed by atoms with E-state index in [1.165, 1.54) is 31.2 Å². The molecule has 4 aliphatic rings. The molecule has 2 heteroatoms. The Morgan fingerprint density at radius 1 is 1.09 bits per heavy atom. The minimum Gasteiger partial charge on any atom is -0.462 e. The predicted molar refractivity (Wildman–Crippen MR) is 88.8 cm³/mol. The summed E-state index contributed by atoms with van der Waals surface area (Å²) in [6, 6.07) is 10.7. The van der Waals surface area contributed by atoms with Crippen molar-refractivity contribution < 1.29 is 9.53 Å². The summed E-state index contributed by atoms with van der Waals surface area (Å²) in [5, 5.41) is 0. The lowest BCUT2D eigenvalue weighted by atomic mass is 9.52. The van der Waals surface area contributed by atoms with Crippen LogP contribution in [0.15, 0.2) is 42.5 Å². The fraction of sp³-hybridized carbons (Fsp3) is 0.571. The van der Waals surface area contributed by atoms with Crippen LogP contribution >= 0.6 is 0 Å². The van der Waals surface area contributed by atoms with Crippen molar-refractivity contribution in [2.45, 2.75) is 51.0 Å². The molecule has 1 aliphatic heterocycles. The first kappa shape index (κ1) is 13.8. The Morgan fingerprint density at radius 2 is 1.83 bits per heavy atom. The monoisotopic (exact) mass is 308 g/mol. The smallest absolute Gasteiger partial charge is 0.310 e. The zero-order chi connectivity index (χ0) is 15.9. The van der Waals surface area contributed by atoms with Gasteiger partial charge in [-0.2, -0.15) is 0 Å². The number of allylic oxidation sites excluding steroid dienone is 2. The molecule has 1 heterocycles. The zero-order valence-electron chi connectivity index (χ0n) is 13.9. The number of fused-ring (bicyclic) bond motifs is 2. The molecule has 1 aromatic carbocycles. The topological polar surface area (TPSA) is 26.3 Å². The molecule has 6 atom stereocenters. The number of esters is 1. The van der Waals surface area contributed by atoms with Gasteiger partial charge in [0.15, 0.2) is 0 Å². The van der Waals surface area contributed by atoms with Gasteiger partial charge < -0.3 is 4.74 Å². The van der Waals surface area contributed by atoms with Crippen LogP contribution in [-0.2, 0) is 14.9 Å². The Bertz CT molecular complexity index is 708. The van der Waals surface area contributed by atoms with Crippen molar-refractivity contribution in [2.24, 2.45) is 22.7 Å². The molecule has 2 bridgehead atoms. The Labute approximate surface area is 137 Å². The van der Waals surface area contributed by atoms with Gasteiger partial charge in [-0.05, 0) is 30.7 Å². The minimum atomic E-state index is -0.179. The van der Waals surface area contributed by atoms with E-state index in [1.807, 2.05) is 0 Å². The number of rotatable bonds is 1. The van der Waals surface area contributed by atoms with E-state index in [-0.39, 0.29) is 34.2 Å². The average Bonchev–Trinajstić information content (AvgIpc) is 3.09. The van der Waals surface area contributed by atoms with Gasteiger partial charge in [0.05, 0.1) is 5.92 Å². The van der Waals surface area contributed by atoms with E-state index >= 15 is 0 Å². The first-order chi connectivity index (χ1) is 11.1. The van der Waals surface area contributed by atoms with Gasteiger partial charge in [0.2, 0.25) is 0 Å². The van der Waals surface area contributed by atoms with Gasteiger partial charge in [0, 0.05) is 16.7 Å². The number of carbonyl (C=O) groups is 1. The molecular formula is C21H24O2. The second-order valence-electron chi connectivity index (χ2n) is 8.29. The van der Waals surface area contributed by atoms with Crippen LogP contribution in [0.4, 0.5) is 0 Å². The summed E-state index contributed by atoms with van der Waals surface area (Å²) in [5.74, 6) is 0.365. The number of carbonyl (C=O) groups excluding carboxylic acids is 1. The Hall–Kier alpha value is -1.57. The third-order valence-corrected chi connectivity index (χ3v) is 7.86. The number of hydrogen-bond donors (Lipinski definition) is 0. The highest BCUT2D eigenvalue weighted by atomic mass is 16.6. The predicted octanol–water partition coefficient (Wildman–Crippen LogP) is 4.25. The minimum absolute atomic E-state index is 0.00648. The van der Waals surface area contributed by atoms with Gasteiger partial charge in [-0.25, -0.2) is 0 Å². The quantitative estimate of drug-likeness (QED) is 0.572. The molecule has 2 nitrogen and oxygen atoms in total. The van der Waals surface area contributed by atoms with Gasteiger partial charge in [-0.1, -0.05) is 62.2 Å². The van der Waals surface area contributed by atoms with Gasteiger partial charge in [-0.3, -0.25) is 4.79 Å². The first-order valence-electron chi connectivity index (χ1n) is 9.03. The summed E-state index contributed by atoms with van der Waals surface area (Å²) in [4.78, 5) is 12.9. The molecule has 0 amide bonds. The van der Waals surface area contributed by atoms with Crippen molar-refractivity contribution >= 4 is 5.97 Å². The van der Waals surface area contributed by atoms with E-state index in [0.29, 0.717) is 5.92 Å². The molecule has 3 fully saturated rings. The van der Waals surface area contributed by atoms with Crippen molar-refractivity contribution in [2.75, 3.05) is 0 Å². The standard InChI is InChI=1S/C21H24O2/c1-14-16-17(18(22)23-14)21(15-8-4-3-5-9-15)13-12-20(16)11-7-6-10-19(20,21)2/h3-5,8-9,12-14,16-17H,6-7,10-11H2,1-2H3/t14-,16-,17-,19-,20+,21+/m0/s1. The van der Waals surface area contributed by atoms with Gasteiger partial charge in [0.25, 0.3) is 0 Å². The Balaban J connectivity index is 1.82. The maximum absolute atomic E-state index is 12.9. The van der Waals surface area contributed by atoms with E-state index in [1.54, 1.807) is 0 Å². The molecule has 0 radical (unpaired) electrons. The molecule has 0 spiro atoms. The third kappa shape index (κ3) is 1.25. The normalized spacial score (nSPS) is 49.8. The van der Waals surface area contributed by atoms with Crippen LogP contribution in [-0.4, -0.2) is 12.1 Å². The van der Waals surface area contributed by atoms with Crippen LogP contribution in [0.1, 0.15) is 45.1 Å². The molecule has 1 aromatic rings. The lowest BCUT2D eigenvalue weighted by molar-refractivity contribution is -0.147. The van der Waals surface area contributed by atoms with Crippen LogP contribution in [0.3, 0.4) is 0 Å². The highest BCUT2D eigenvalue weighted by Crippen LogP contribution is 2.79. The number of cyclic esters (lactones) is 1. The molecule has 5 rings (SSSR count). The first-order valence-corrected chi connectivity index (χ1v) is 9.03. The number of ether oxygens (including phenoxy) is 1. The van der Waals surface area contributed by atoms with Crippen molar-refractivity contribution in [1.82, 2.24) is 0 Å². The maximum atomic E-state index is 12.9. The summed E-state index contributed by atoms with van der Waals surface area (Å²) in [6.45, 7) is 4.57. The maximum Gasteiger partial charge on any atom is 0.310 e. The van der Waals surface area contributed by atoms with Gasteiger partial charge in [0.1, 0.15) is 6.10 Å². The lowest BCUT2D eigenvalue weighted by Crippen LogP contribution is -2.48. The molecular weight excluding hydrogens is 284 g/mol. The molecule has 1 saturated heterocycles. The molecule has 120 valence electrons. The second kappa shape index (κ2) is 4.09. The van der Waals surface area contributed by atoms with E-state index < -0.39 is 0 Å². The highest BCUT2D eigenvalue weighted by Gasteiger charge is 2.80. The molecule has 0 aromatic heterocycles. The fourth-order valence-electron chi connectivity index (χ4n) is 7.06. The zero-order valence-corrected chi connectivity index (χ0v) is 13.9. The highest BCUT2D eigenvalue weighted by molar-refractivity contribution is 5.81. The molecule has 0 N–H and O–H groups in total. The molecule has 23 heavy (non-hydrogen) atoms. The Kier molecular flexibility index (Phi) is 2.46. The summed E-state index contributed by atoms with van der Waals surface area (Å²) in [6.07, 6.45) is 9.89. The van der Waals surface area contributed by atoms with Crippen LogP contribution in [0.5, 0.6) is 0 Å². The van der Waals surface area contributed by atoms with Crippen molar-refractivity contribution in [3.8, 4) is 0 Å². The molecule has 2 saturated carbocycles. The van der Waals surface area contributed by atoms with Crippen molar-refractivity contribution in [3.63, 3.8) is 0 Å². The van der Waals surface area contributed by atoms with Crippen molar-refractivity contribution in [1.29, 1.82) is 0 Å². The second-order valence-corrected chi connectivity index (χ2v) is 8.29. The van der Waals surface area contributed by atoms with E-state index in [9.17, 15) is 4.79 Å². The number of benzene rings is 1. The van der Waals surface area contributed by atoms with Crippen LogP contribution < -0.4 is 0 Å². The summed E-state index contributed by atoms with van der Waals surface area (Å²) >= 11 is 0. The SMILES string of the molecule is C[C@@H]1OC(=O)[C@@H]2[C@H]1[C@@]13C=C[C@]2(c2ccccc2)[C@@]1(C)CCCC3. The summed E-state index contributed by atoms with van der Waals surface area (Å²) in [5.41, 5.74) is 1.40. The summed E-state index contributed by atoms with van der Waals surface area (Å²) in [7, 11) is 0. The Morgan fingerprint density at radius 3 is 2.61 bits per heavy atom. The molecule has 0 unspecified atom stereocenters. The number of hydrogen-bond acceptors (Lipinski definition) is 2. The fourth-order valence-corrected chi connectivity index (χ4v) is 7.06.